The summed E-state index contributed by atoms with van der Waals surface area (Å²) >= 11 is 0. The lowest BCUT2D eigenvalue weighted by molar-refractivity contribution is -0.0705. The second-order valence-electron chi connectivity index (χ2n) is 7.38. The van der Waals surface area contributed by atoms with Crippen LogP contribution in [0.5, 0.6) is 0 Å². The quantitative estimate of drug-likeness (QED) is 0.918. The van der Waals surface area contributed by atoms with Gasteiger partial charge >= 0.3 is 0 Å². The van der Waals surface area contributed by atoms with Gasteiger partial charge in [-0.1, -0.05) is 5.16 Å². The van der Waals surface area contributed by atoms with Gasteiger partial charge in [0.25, 0.3) is 0 Å². The van der Waals surface area contributed by atoms with Crippen molar-refractivity contribution >= 4 is 0 Å². The van der Waals surface area contributed by atoms with E-state index in [1.54, 1.807) is 0 Å². The van der Waals surface area contributed by atoms with Crippen LogP contribution in [0.1, 0.15) is 77.6 Å². The van der Waals surface area contributed by atoms with E-state index in [2.05, 4.69) is 50.1 Å². The van der Waals surface area contributed by atoms with E-state index in [1.165, 1.54) is 12.8 Å². The van der Waals surface area contributed by atoms with Crippen LogP contribution in [0, 0.1) is 0 Å². The molecule has 20 heavy (non-hydrogen) atoms. The predicted molar refractivity (Wildman–Crippen MR) is 75.5 cm³/mol. The number of hydrogen-bond acceptors (Lipinski definition) is 5. The molecule has 3 rings (SSSR count). The highest BCUT2D eigenvalue weighted by atomic mass is 16.5. The first-order chi connectivity index (χ1) is 9.27. The second-order valence-corrected chi connectivity index (χ2v) is 7.38. The van der Waals surface area contributed by atoms with Crippen molar-refractivity contribution in [2.24, 2.45) is 0 Å². The Labute approximate surface area is 120 Å². The molecule has 0 radical (unpaired) electrons. The molecular weight excluding hydrogens is 254 g/mol. The highest BCUT2D eigenvalue weighted by Crippen LogP contribution is 2.40. The Kier molecular flexibility index (Phi) is 3.18. The van der Waals surface area contributed by atoms with Crippen LogP contribution in [0.3, 0.4) is 0 Å². The average molecular weight is 279 g/mol. The molecule has 1 aliphatic heterocycles. The van der Waals surface area contributed by atoms with Crippen LogP contribution in [0.2, 0.25) is 0 Å². The van der Waals surface area contributed by atoms with Gasteiger partial charge in [-0.15, -0.1) is 0 Å². The van der Waals surface area contributed by atoms with Crippen LogP contribution in [-0.2, 0) is 4.74 Å². The highest BCUT2D eigenvalue weighted by molar-refractivity contribution is 5.06. The summed E-state index contributed by atoms with van der Waals surface area (Å²) in [5.41, 5.74) is -0.272. The molecule has 5 heteroatoms. The van der Waals surface area contributed by atoms with Crippen LogP contribution in [0.4, 0.5) is 0 Å². The molecule has 1 aromatic heterocycles. The summed E-state index contributed by atoms with van der Waals surface area (Å²) in [6.07, 6.45) is 3.37. The summed E-state index contributed by atoms with van der Waals surface area (Å²) in [5, 5.41) is 7.67. The molecule has 1 saturated heterocycles. The van der Waals surface area contributed by atoms with Crippen molar-refractivity contribution < 1.29 is 9.26 Å². The molecule has 0 aromatic carbocycles. The van der Waals surface area contributed by atoms with Crippen molar-refractivity contribution in [1.82, 2.24) is 15.5 Å². The zero-order valence-electron chi connectivity index (χ0n) is 13.1. The molecule has 2 heterocycles. The Hall–Kier alpha value is -0.940. The average Bonchev–Trinajstić information content (AvgIpc) is 2.99. The van der Waals surface area contributed by atoms with Crippen LogP contribution in [0.15, 0.2) is 4.52 Å². The van der Waals surface area contributed by atoms with Gasteiger partial charge in [0.2, 0.25) is 5.89 Å². The topological polar surface area (TPSA) is 60.2 Å². The van der Waals surface area contributed by atoms with Crippen molar-refractivity contribution in [3.63, 3.8) is 0 Å². The summed E-state index contributed by atoms with van der Waals surface area (Å²) in [4.78, 5) is 4.52. The minimum Gasteiger partial charge on any atom is -0.368 e. The van der Waals surface area contributed by atoms with Crippen molar-refractivity contribution in [1.29, 1.82) is 0 Å². The number of hydrogen-bond donors (Lipinski definition) is 1. The molecule has 112 valence electrons. The largest absolute Gasteiger partial charge is 0.368 e. The molecule has 1 saturated carbocycles. The smallest absolute Gasteiger partial charge is 0.243 e. The molecule has 2 aliphatic rings. The third-order valence-electron chi connectivity index (χ3n) is 4.30. The Morgan fingerprint density at radius 3 is 2.50 bits per heavy atom. The lowest BCUT2D eigenvalue weighted by Crippen LogP contribution is -2.44. The fourth-order valence-electron chi connectivity index (χ4n) is 3.13. The van der Waals surface area contributed by atoms with Crippen molar-refractivity contribution in [3.8, 4) is 0 Å². The number of rotatable bonds is 4. The summed E-state index contributed by atoms with van der Waals surface area (Å²) in [6.45, 7) is 10.6. The zero-order chi connectivity index (χ0) is 14.5. The summed E-state index contributed by atoms with van der Waals surface area (Å²) < 4.78 is 11.5. The van der Waals surface area contributed by atoms with E-state index in [-0.39, 0.29) is 23.3 Å². The first-order valence-corrected chi connectivity index (χ1v) is 7.56. The molecule has 2 atom stereocenters. The van der Waals surface area contributed by atoms with Crippen molar-refractivity contribution in [2.45, 2.75) is 83.1 Å². The molecule has 0 amide bonds. The minimum atomic E-state index is -0.183. The Balaban J connectivity index is 1.67. The molecular formula is C15H25N3O2. The van der Waals surface area contributed by atoms with Gasteiger partial charge in [0, 0.05) is 12.0 Å². The van der Waals surface area contributed by atoms with E-state index in [9.17, 15) is 0 Å². The summed E-state index contributed by atoms with van der Waals surface area (Å²) in [6, 6.07) is 0.334. The SMILES string of the molecule is C[C@H](N[C@H]1CC(C)(C)OC1(C)C)c1nc(C2CC2)no1. The summed E-state index contributed by atoms with van der Waals surface area (Å²) in [7, 11) is 0. The van der Waals surface area contributed by atoms with Gasteiger partial charge in [0.1, 0.15) is 0 Å². The van der Waals surface area contributed by atoms with Gasteiger partial charge in [-0.3, -0.25) is 0 Å². The van der Waals surface area contributed by atoms with E-state index < -0.39 is 0 Å². The predicted octanol–water partition coefficient (Wildman–Crippen LogP) is 2.94. The Morgan fingerprint density at radius 2 is 1.95 bits per heavy atom. The first-order valence-electron chi connectivity index (χ1n) is 7.56. The van der Waals surface area contributed by atoms with E-state index in [1.807, 2.05) is 0 Å². The van der Waals surface area contributed by atoms with Crippen LogP contribution < -0.4 is 5.32 Å². The van der Waals surface area contributed by atoms with Gasteiger partial charge in [-0.2, -0.15) is 4.98 Å². The Bertz CT molecular complexity index is 491. The molecule has 5 nitrogen and oxygen atoms in total. The monoisotopic (exact) mass is 279 g/mol. The third kappa shape index (κ3) is 2.74. The van der Waals surface area contributed by atoms with Crippen LogP contribution >= 0.6 is 0 Å². The molecule has 1 N–H and O–H groups in total. The maximum atomic E-state index is 6.11. The fraction of sp³-hybridized carbons (Fsp3) is 0.867. The van der Waals surface area contributed by atoms with E-state index in [0.29, 0.717) is 11.8 Å². The van der Waals surface area contributed by atoms with Crippen LogP contribution in [-0.4, -0.2) is 27.4 Å². The van der Waals surface area contributed by atoms with E-state index in [0.717, 1.165) is 12.2 Å². The number of nitrogens with one attached hydrogen (secondary N) is 1. The van der Waals surface area contributed by atoms with E-state index in [4.69, 9.17) is 9.26 Å². The number of ether oxygens (including phenoxy) is 1. The van der Waals surface area contributed by atoms with Gasteiger partial charge in [-0.25, -0.2) is 0 Å². The molecule has 0 unspecified atom stereocenters. The third-order valence-corrected chi connectivity index (χ3v) is 4.30. The maximum Gasteiger partial charge on any atom is 0.243 e. The first kappa shape index (κ1) is 14.0. The van der Waals surface area contributed by atoms with Gasteiger partial charge in [0.15, 0.2) is 5.82 Å². The molecule has 1 aromatic rings. The molecule has 0 spiro atoms. The maximum absolute atomic E-state index is 6.11. The number of aromatic nitrogens is 2. The van der Waals surface area contributed by atoms with Gasteiger partial charge < -0.3 is 14.6 Å². The number of nitrogens with zero attached hydrogens (tertiary/aromatic N) is 2. The fourth-order valence-corrected chi connectivity index (χ4v) is 3.13. The van der Waals surface area contributed by atoms with Gasteiger partial charge in [-0.05, 0) is 53.9 Å². The van der Waals surface area contributed by atoms with Crippen LogP contribution in [0.25, 0.3) is 0 Å². The summed E-state index contributed by atoms with van der Waals surface area (Å²) in [5.74, 6) is 2.09. The second kappa shape index (κ2) is 4.53. The normalized spacial score (nSPS) is 29.6. The van der Waals surface area contributed by atoms with Crippen molar-refractivity contribution in [2.75, 3.05) is 0 Å². The Morgan fingerprint density at radius 1 is 1.25 bits per heavy atom. The zero-order valence-corrected chi connectivity index (χ0v) is 13.1. The highest BCUT2D eigenvalue weighted by Gasteiger charge is 2.46. The van der Waals surface area contributed by atoms with E-state index >= 15 is 0 Å². The molecule has 2 fully saturated rings. The van der Waals surface area contributed by atoms with Gasteiger partial charge in [0.05, 0.1) is 17.2 Å². The lowest BCUT2D eigenvalue weighted by atomic mass is 9.94. The molecule has 0 bridgehead atoms. The minimum absolute atomic E-state index is 0.0526. The standard InChI is InChI=1S/C15H25N3O2/c1-9(13-17-12(18-19-13)10-6-7-10)16-11-8-14(2,3)20-15(11,4)5/h9-11,16H,6-8H2,1-5H3/t9-,11-/m0/s1. The van der Waals surface area contributed by atoms with Crippen molar-refractivity contribution in [3.05, 3.63) is 11.7 Å². The lowest BCUT2D eigenvalue weighted by Gasteiger charge is -2.29. The molecule has 1 aliphatic carbocycles.